The number of hydrogen-bond acceptors (Lipinski definition) is 5. The number of hydrogen-bond donors (Lipinski definition) is 0. The third-order valence-corrected chi connectivity index (χ3v) is 1.97. The number of pyridine rings is 1. The first-order chi connectivity index (χ1) is 7.29. The first-order valence-electron chi connectivity index (χ1n) is 3.76. The van der Waals surface area contributed by atoms with Gasteiger partial charge in [-0.1, -0.05) is 0 Å². The van der Waals surface area contributed by atoms with Crippen molar-refractivity contribution < 1.29 is 22.7 Å². The van der Waals surface area contributed by atoms with Gasteiger partial charge in [-0.05, 0) is 18.3 Å². The molecule has 3 nitrogen and oxygen atoms in total. The third kappa shape index (κ3) is 3.70. The fourth-order valence-corrected chi connectivity index (χ4v) is 1.14. The van der Waals surface area contributed by atoms with Gasteiger partial charge in [0.05, 0.1) is 0 Å². The summed E-state index contributed by atoms with van der Waals surface area (Å²) in [6.07, 6.45) is -2.68. The summed E-state index contributed by atoms with van der Waals surface area (Å²) in [5.74, 6) is 0. The first-order valence-corrected chi connectivity index (χ1v) is 4.58. The molecule has 0 fully saturated rings. The van der Waals surface area contributed by atoms with Gasteiger partial charge in [-0.25, -0.2) is 0 Å². The lowest BCUT2D eigenvalue weighted by atomic mass is 10.2. The van der Waals surface area contributed by atoms with Crippen LogP contribution in [-0.2, 0) is 17.4 Å². The van der Waals surface area contributed by atoms with Crippen molar-refractivity contribution in [1.82, 2.24) is 4.98 Å². The van der Waals surface area contributed by atoms with E-state index in [1.165, 1.54) is 0 Å². The smallest absolute Gasteiger partial charge is 0.573 e. The van der Waals surface area contributed by atoms with E-state index in [9.17, 15) is 18.0 Å². The van der Waals surface area contributed by atoms with Gasteiger partial charge in [0.15, 0.2) is 0 Å². The van der Waals surface area contributed by atoms with Gasteiger partial charge in [0.25, 0.3) is 0 Å². The summed E-state index contributed by atoms with van der Waals surface area (Å²) in [5.41, 5.74) is -0.136. The second kappa shape index (κ2) is 4.71. The normalized spacial score (nSPS) is 10.9. The molecule has 1 aromatic heterocycles. The Labute approximate surface area is 99.0 Å². The van der Waals surface area contributed by atoms with E-state index in [4.69, 9.17) is 0 Å². The number of nitrogens with zero attached hydrogens (tertiary/aromatic N) is 1. The van der Waals surface area contributed by atoms with E-state index >= 15 is 0 Å². The maximum atomic E-state index is 11.8. The average Bonchev–Trinajstić information content (AvgIpc) is 2.15. The van der Waals surface area contributed by atoms with Crippen LogP contribution in [0.3, 0.4) is 0 Å². The lowest BCUT2D eigenvalue weighted by Gasteiger charge is -2.10. The average molecular weight is 266 g/mol. The zero-order chi connectivity index (χ0) is 12.3. The van der Waals surface area contributed by atoms with Crippen molar-refractivity contribution in [3.05, 3.63) is 29.6 Å². The highest BCUT2D eigenvalue weighted by Crippen LogP contribution is 2.19. The van der Waals surface area contributed by atoms with E-state index in [-0.39, 0.29) is 11.1 Å². The Bertz CT molecular complexity index is 434. The molecule has 8 heteroatoms. The van der Waals surface area contributed by atoms with Crippen LogP contribution in [0, 0.1) is 0 Å². The summed E-state index contributed by atoms with van der Waals surface area (Å²) in [4.78, 5) is 14.3. The van der Waals surface area contributed by atoms with Crippen molar-refractivity contribution in [2.75, 3.05) is 0 Å². The molecule has 16 heavy (non-hydrogen) atoms. The fraction of sp³-hybridized carbons (Fsp3) is 0.125. The van der Waals surface area contributed by atoms with Crippen molar-refractivity contribution in [2.45, 2.75) is 6.36 Å². The monoisotopic (exact) mass is 266 g/mol. The van der Waals surface area contributed by atoms with Crippen LogP contribution in [0.25, 0.3) is 0 Å². The zero-order valence-electron chi connectivity index (χ0n) is 7.45. The molecule has 0 amide bonds. The van der Waals surface area contributed by atoms with E-state index in [1.54, 1.807) is 0 Å². The Morgan fingerprint density at radius 1 is 1.38 bits per heavy atom. The molecular formula is C8H3F3NO2S2-. The van der Waals surface area contributed by atoms with E-state index in [0.717, 1.165) is 18.5 Å². The van der Waals surface area contributed by atoms with Gasteiger partial charge >= 0.3 is 6.36 Å². The van der Waals surface area contributed by atoms with Crippen molar-refractivity contribution >= 4 is 35.0 Å². The van der Waals surface area contributed by atoms with Crippen LogP contribution in [0.5, 0.6) is 0 Å². The lowest BCUT2D eigenvalue weighted by molar-refractivity contribution is -0.281. The van der Waals surface area contributed by atoms with E-state index in [2.05, 4.69) is 34.6 Å². The molecule has 0 unspecified atom stereocenters. The number of carbonyl (C=O) groups is 1. The minimum absolute atomic E-state index is 0.0133. The Kier molecular flexibility index (Phi) is 3.76. The van der Waals surface area contributed by atoms with E-state index < -0.39 is 16.5 Å². The number of thiocarbonyl (C=S) groups is 1. The molecule has 0 spiro atoms. The molecule has 0 N–H and O–H groups in total. The van der Waals surface area contributed by atoms with E-state index in [0.29, 0.717) is 0 Å². The van der Waals surface area contributed by atoms with Gasteiger partial charge in [-0.3, -0.25) is 4.98 Å². The maximum absolute atomic E-state index is 11.8. The zero-order valence-corrected chi connectivity index (χ0v) is 9.08. The number of ether oxygens (including phenoxy) is 1. The minimum Gasteiger partial charge on any atom is -0.737 e. The molecule has 1 rings (SSSR count). The highest BCUT2D eigenvalue weighted by Gasteiger charge is 2.32. The van der Waals surface area contributed by atoms with Crippen LogP contribution >= 0.6 is 12.2 Å². The molecule has 0 saturated carbocycles. The van der Waals surface area contributed by atoms with Crippen LogP contribution in [0.2, 0.25) is 0 Å². The van der Waals surface area contributed by atoms with Crippen LogP contribution < -0.4 is 0 Å². The lowest BCUT2D eigenvalue weighted by Crippen LogP contribution is -2.19. The number of alkyl halides is 3. The molecule has 0 saturated heterocycles. The quantitative estimate of drug-likeness (QED) is 0.604. The topological polar surface area (TPSA) is 39.2 Å². The molecule has 0 aromatic carbocycles. The predicted molar refractivity (Wildman–Crippen MR) is 54.8 cm³/mol. The highest BCUT2D eigenvalue weighted by atomic mass is 32.1. The molecule has 86 valence electrons. The Morgan fingerprint density at radius 2 is 1.94 bits per heavy atom. The molecule has 0 aliphatic carbocycles. The molecule has 1 aromatic rings. The van der Waals surface area contributed by atoms with Gasteiger partial charge in [0.1, 0.15) is 0 Å². The largest absolute Gasteiger partial charge is 0.737 e. The summed E-state index contributed by atoms with van der Waals surface area (Å²) in [5, 5.41) is -1.54. The Balaban J connectivity index is 2.92. The molecule has 1 heterocycles. The molecule has 0 aliphatic heterocycles. The second-order valence-electron chi connectivity index (χ2n) is 2.59. The molecule has 0 bridgehead atoms. The SMILES string of the molecule is O=C([S-])c1cncc(C(=S)OC(F)(F)F)c1. The highest BCUT2D eigenvalue weighted by molar-refractivity contribution is 7.80. The van der Waals surface area contributed by atoms with Gasteiger partial charge < -0.3 is 22.2 Å². The second-order valence-corrected chi connectivity index (χ2v) is 3.33. The number of aromatic nitrogens is 1. The maximum Gasteiger partial charge on any atom is 0.573 e. The predicted octanol–water partition coefficient (Wildman–Crippen LogP) is 1.98. The van der Waals surface area contributed by atoms with Gasteiger partial charge in [0, 0.05) is 28.6 Å². The number of carbonyl (C=O) groups excluding carboxylic acids is 1. The third-order valence-electron chi connectivity index (χ3n) is 1.42. The number of halogens is 3. The van der Waals surface area contributed by atoms with Crippen LogP contribution in [-0.4, -0.2) is 21.5 Å². The van der Waals surface area contributed by atoms with E-state index in [1.807, 2.05) is 0 Å². The minimum atomic E-state index is -4.87. The number of rotatable bonds is 2. The Morgan fingerprint density at radius 3 is 2.44 bits per heavy atom. The van der Waals surface area contributed by atoms with Crippen LogP contribution in [0.15, 0.2) is 18.5 Å². The summed E-state index contributed by atoms with van der Waals surface area (Å²) < 4.78 is 39.0. The summed E-state index contributed by atoms with van der Waals surface area (Å²) >= 11 is 8.70. The molecule has 0 atom stereocenters. The fourth-order valence-electron chi connectivity index (χ4n) is 0.827. The van der Waals surface area contributed by atoms with Crippen molar-refractivity contribution in [3.63, 3.8) is 0 Å². The molecular weight excluding hydrogens is 263 g/mol. The van der Waals surface area contributed by atoms with Crippen LogP contribution in [0.4, 0.5) is 13.2 Å². The van der Waals surface area contributed by atoms with Crippen molar-refractivity contribution in [2.24, 2.45) is 0 Å². The summed E-state index contributed by atoms with van der Waals surface area (Å²) in [6, 6.07) is 1.09. The van der Waals surface area contributed by atoms with Crippen molar-refractivity contribution in [1.29, 1.82) is 0 Å². The molecule has 0 aliphatic rings. The summed E-state index contributed by atoms with van der Waals surface area (Å²) in [6.45, 7) is 0. The van der Waals surface area contributed by atoms with Crippen LogP contribution in [0.1, 0.15) is 15.9 Å². The standard InChI is InChI=1S/C8H4F3NO2S2/c9-8(10,11)14-7(16)5-1-4(6(13)15)2-12-3-5/h1-3H,(H,13,15)/p-1. The molecule has 0 radical (unpaired) electrons. The van der Waals surface area contributed by atoms with Gasteiger partial charge in [0.2, 0.25) is 5.05 Å². The van der Waals surface area contributed by atoms with Gasteiger partial charge in [-0.2, -0.15) is 0 Å². The first kappa shape index (κ1) is 12.8. The Hall–Kier alpha value is -1.28. The van der Waals surface area contributed by atoms with Gasteiger partial charge in [-0.15, -0.1) is 13.2 Å². The summed E-state index contributed by atoms with van der Waals surface area (Å²) in [7, 11) is 0. The van der Waals surface area contributed by atoms with Crippen molar-refractivity contribution in [3.8, 4) is 0 Å².